The van der Waals surface area contributed by atoms with Crippen LogP contribution in [0, 0.1) is 0 Å². The lowest BCUT2D eigenvalue weighted by molar-refractivity contribution is -0.137. The van der Waals surface area contributed by atoms with Gasteiger partial charge in [-0.15, -0.1) is 0 Å². The number of hydrogen-bond donors (Lipinski definition) is 3. The van der Waals surface area contributed by atoms with E-state index in [-0.39, 0.29) is 17.0 Å². The number of hydrogen-bond acceptors (Lipinski definition) is 5. The number of rotatable bonds is 9. The summed E-state index contributed by atoms with van der Waals surface area (Å²) in [5, 5.41) is 8.69. The summed E-state index contributed by atoms with van der Waals surface area (Å²) in [5.41, 5.74) is 0.299. The van der Waals surface area contributed by atoms with Crippen molar-refractivity contribution in [3.63, 3.8) is 0 Å². The van der Waals surface area contributed by atoms with Crippen LogP contribution >= 0.6 is 11.6 Å². The Bertz CT molecular complexity index is 1710. The van der Waals surface area contributed by atoms with Gasteiger partial charge in [0.05, 0.1) is 25.3 Å². The molecule has 1 atom stereocenters. The minimum atomic E-state index is -4.52. The Kier molecular flexibility index (Phi) is 10.4. The summed E-state index contributed by atoms with van der Waals surface area (Å²) in [6.07, 6.45) is -5.45. The standard InChI is InChI=1S/C34H33ClF3N3O5/c1-33(2,3)41-31(42)26-18-24(39-32(43)40-25-14-16-28(44-4)29(19-25)45-5)13-15-27(26)46-30(21-7-6-8-23(35)17-21)20-9-11-22(12-10-20)34(36,37)38/h6-19,30H,1-5H3,(H,41,42)(H2,39,40,43). The second-order valence-corrected chi connectivity index (χ2v) is 11.7. The van der Waals surface area contributed by atoms with Gasteiger partial charge in [0.1, 0.15) is 11.9 Å². The highest BCUT2D eigenvalue weighted by molar-refractivity contribution is 6.30. The average Bonchev–Trinajstić information content (AvgIpc) is 2.99. The van der Waals surface area contributed by atoms with Crippen LogP contribution in [0.4, 0.5) is 29.3 Å². The predicted octanol–water partition coefficient (Wildman–Crippen LogP) is 8.72. The number of carbonyl (C=O) groups is 2. The number of carbonyl (C=O) groups excluding carboxylic acids is 2. The molecule has 0 radical (unpaired) electrons. The number of amides is 3. The molecule has 4 rings (SSSR count). The van der Waals surface area contributed by atoms with E-state index in [0.717, 1.165) is 12.1 Å². The molecule has 0 spiro atoms. The molecule has 3 amide bonds. The highest BCUT2D eigenvalue weighted by atomic mass is 35.5. The summed E-state index contributed by atoms with van der Waals surface area (Å²) in [7, 11) is 2.98. The minimum Gasteiger partial charge on any atom is -0.493 e. The highest BCUT2D eigenvalue weighted by Gasteiger charge is 2.31. The molecule has 0 bridgehead atoms. The van der Waals surface area contributed by atoms with Crippen LogP contribution in [0.25, 0.3) is 0 Å². The number of anilines is 2. The van der Waals surface area contributed by atoms with Gasteiger partial charge in [-0.25, -0.2) is 4.79 Å². The first kappa shape index (κ1) is 34.0. The van der Waals surface area contributed by atoms with E-state index in [4.69, 9.17) is 25.8 Å². The van der Waals surface area contributed by atoms with Crippen LogP contribution in [0.5, 0.6) is 17.2 Å². The Morgan fingerprint density at radius 1 is 0.739 bits per heavy atom. The molecule has 8 nitrogen and oxygen atoms in total. The van der Waals surface area contributed by atoms with E-state index < -0.39 is 35.3 Å². The zero-order chi connectivity index (χ0) is 33.6. The van der Waals surface area contributed by atoms with Crippen molar-refractivity contribution >= 4 is 34.9 Å². The molecule has 0 saturated carbocycles. The number of methoxy groups -OCH3 is 2. The fourth-order valence-corrected chi connectivity index (χ4v) is 4.67. The normalized spacial score (nSPS) is 12.1. The van der Waals surface area contributed by atoms with Gasteiger partial charge < -0.3 is 30.2 Å². The Hall–Kier alpha value is -4.90. The number of alkyl halides is 3. The molecule has 0 aromatic heterocycles. The van der Waals surface area contributed by atoms with Gasteiger partial charge in [-0.05, 0) is 86.5 Å². The summed E-state index contributed by atoms with van der Waals surface area (Å²) < 4.78 is 56.8. The molecule has 0 heterocycles. The second-order valence-electron chi connectivity index (χ2n) is 11.2. The topological polar surface area (TPSA) is 97.9 Å². The fourth-order valence-electron chi connectivity index (χ4n) is 4.48. The second kappa shape index (κ2) is 14.0. The maximum absolute atomic E-state index is 13.5. The maximum Gasteiger partial charge on any atom is 0.416 e. The van der Waals surface area contributed by atoms with E-state index >= 15 is 0 Å². The van der Waals surface area contributed by atoms with Gasteiger partial charge in [0.15, 0.2) is 11.5 Å². The molecule has 0 saturated heterocycles. The first-order chi connectivity index (χ1) is 21.7. The van der Waals surface area contributed by atoms with Gasteiger partial charge in [0.2, 0.25) is 0 Å². The van der Waals surface area contributed by atoms with Crippen molar-refractivity contribution in [2.24, 2.45) is 0 Å². The maximum atomic E-state index is 13.5. The molecule has 1 unspecified atom stereocenters. The van der Waals surface area contributed by atoms with Crippen molar-refractivity contribution in [2.45, 2.75) is 38.6 Å². The number of benzene rings is 4. The molecular formula is C34H33ClF3N3O5. The van der Waals surface area contributed by atoms with Crippen LogP contribution in [0.2, 0.25) is 5.02 Å². The lowest BCUT2D eigenvalue weighted by Crippen LogP contribution is -2.40. The van der Waals surface area contributed by atoms with Crippen LogP contribution in [0.1, 0.15) is 53.9 Å². The van der Waals surface area contributed by atoms with Gasteiger partial charge in [-0.3, -0.25) is 4.79 Å². The summed E-state index contributed by atoms with van der Waals surface area (Å²) in [6.45, 7) is 5.42. The molecule has 242 valence electrons. The van der Waals surface area contributed by atoms with Crippen molar-refractivity contribution in [1.82, 2.24) is 5.32 Å². The number of halogens is 4. The zero-order valence-electron chi connectivity index (χ0n) is 25.7. The smallest absolute Gasteiger partial charge is 0.416 e. The van der Waals surface area contributed by atoms with Gasteiger partial charge in [-0.1, -0.05) is 35.9 Å². The van der Waals surface area contributed by atoms with E-state index in [1.165, 1.54) is 38.5 Å². The Morgan fingerprint density at radius 2 is 1.35 bits per heavy atom. The first-order valence-electron chi connectivity index (χ1n) is 14.0. The molecule has 12 heteroatoms. The quantitative estimate of drug-likeness (QED) is 0.168. The van der Waals surface area contributed by atoms with Crippen LogP contribution in [0.3, 0.4) is 0 Å². The largest absolute Gasteiger partial charge is 0.493 e. The third-order valence-electron chi connectivity index (χ3n) is 6.55. The molecule has 46 heavy (non-hydrogen) atoms. The van der Waals surface area contributed by atoms with E-state index in [1.54, 1.807) is 69.3 Å². The van der Waals surface area contributed by atoms with Gasteiger partial charge in [0.25, 0.3) is 5.91 Å². The van der Waals surface area contributed by atoms with Crippen LogP contribution in [-0.4, -0.2) is 31.7 Å². The van der Waals surface area contributed by atoms with Gasteiger partial charge in [0, 0.05) is 28.0 Å². The SMILES string of the molecule is COc1ccc(NC(=O)Nc2ccc(OC(c3ccc(C(F)(F)F)cc3)c3cccc(Cl)c3)c(C(=O)NC(C)(C)C)c2)cc1OC. The summed E-state index contributed by atoms with van der Waals surface area (Å²) in [6, 6.07) is 20.0. The van der Waals surface area contributed by atoms with E-state index in [9.17, 15) is 22.8 Å². The molecular weight excluding hydrogens is 623 g/mol. The van der Waals surface area contributed by atoms with Crippen LogP contribution < -0.4 is 30.2 Å². The lowest BCUT2D eigenvalue weighted by Gasteiger charge is -2.25. The van der Waals surface area contributed by atoms with Crippen LogP contribution in [-0.2, 0) is 6.18 Å². The average molecular weight is 656 g/mol. The monoisotopic (exact) mass is 655 g/mol. The zero-order valence-corrected chi connectivity index (χ0v) is 26.5. The Labute approximate surface area is 269 Å². The van der Waals surface area contributed by atoms with Crippen molar-refractivity contribution in [3.05, 3.63) is 112 Å². The molecule has 0 aliphatic carbocycles. The molecule has 3 N–H and O–H groups in total. The summed E-state index contributed by atoms with van der Waals surface area (Å²) in [5.74, 6) is 0.539. The third kappa shape index (κ3) is 8.85. The van der Waals surface area contributed by atoms with Crippen LogP contribution in [0.15, 0.2) is 84.9 Å². The minimum absolute atomic E-state index is 0.0813. The van der Waals surface area contributed by atoms with Gasteiger partial charge in [-0.2, -0.15) is 13.2 Å². The van der Waals surface area contributed by atoms with Gasteiger partial charge >= 0.3 is 12.2 Å². The summed E-state index contributed by atoms with van der Waals surface area (Å²) in [4.78, 5) is 26.4. The predicted molar refractivity (Wildman–Crippen MR) is 171 cm³/mol. The molecule has 0 aliphatic rings. The lowest BCUT2D eigenvalue weighted by atomic mass is 9.99. The number of ether oxygens (including phenoxy) is 3. The molecule has 4 aromatic carbocycles. The van der Waals surface area contributed by atoms with Crippen molar-refractivity contribution < 1.29 is 37.0 Å². The number of nitrogens with one attached hydrogen (secondary N) is 3. The highest BCUT2D eigenvalue weighted by Crippen LogP contribution is 2.36. The first-order valence-corrected chi connectivity index (χ1v) is 14.4. The van der Waals surface area contributed by atoms with Crippen molar-refractivity contribution in [3.8, 4) is 17.2 Å². The Balaban J connectivity index is 1.68. The molecule has 0 fully saturated rings. The third-order valence-corrected chi connectivity index (χ3v) is 6.78. The number of urea groups is 1. The van der Waals surface area contributed by atoms with Crippen molar-refractivity contribution in [1.29, 1.82) is 0 Å². The van der Waals surface area contributed by atoms with E-state index in [1.807, 2.05) is 0 Å². The molecule has 4 aromatic rings. The van der Waals surface area contributed by atoms with E-state index in [0.29, 0.717) is 33.3 Å². The fraction of sp³-hybridized carbons (Fsp3) is 0.235. The van der Waals surface area contributed by atoms with E-state index in [2.05, 4.69) is 16.0 Å². The molecule has 0 aliphatic heterocycles. The Morgan fingerprint density at radius 3 is 1.91 bits per heavy atom. The van der Waals surface area contributed by atoms with Crippen molar-refractivity contribution in [2.75, 3.05) is 24.9 Å². The summed E-state index contributed by atoms with van der Waals surface area (Å²) >= 11 is 6.25.